The first-order valence-electron chi connectivity index (χ1n) is 11.0. The minimum Gasteiger partial charge on any atom is -0.356 e. The predicted octanol–water partition coefficient (Wildman–Crippen LogP) is 4.65. The van der Waals surface area contributed by atoms with E-state index in [-0.39, 0.29) is 23.3 Å². The first-order valence-corrected chi connectivity index (χ1v) is 11.7. The van der Waals surface area contributed by atoms with E-state index in [1.807, 2.05) is 13.8 Å². The molecule has 2 amide bonds. The van der Waals surface area contributed by atoms with Crippen molar-refractivity contribution in [3.8, 4) is 0 Å². The van der Waals surface area contributed by atoms with E-state index >= 15 is 0 Å². The number of carbonyl (C=O) groups excluding carboxylic acids is 2. The van der Waals surface area contributed by atoms with Gasteiger partial charge in [0.05, 0.1) is 5.41 Å². The van der Waals surface area contributed by atoms with Crippen LogP contribution in [0.15, 0.2) is 11.2 Å². The molecule has 0 aliphatic heterocycles. The van der Waals surface area contributed by atoms with Crippen LogP contribution >= 0.6 is 11.5 Å². The van der Waals surface area contributed by atoms with E-state index in [1.165, 1.54) is 0 Å². The van der Waals surface area contributed by atoms with Gasteiger partial charge in [-0.05, 0) is 70.3 Å². The number of aryl methyl sites for hydroxylation is 1. The number of aromatic nitrogens is 1. The monoisotopic (exact) mass is 421 g/mol. The first-order chi connectivity index (χ1) is 13.4. The minimum absolute atomic E-state index is 0.0394. The molecule has 1 aromatic rings. The van der Waals surface area contributed by atoms with E-state index in [1.54, 1.807) is 11.5 Å². The van der Waals surface area contributed by atoms with Crippen LogP contribution in [0.4, 0.5) is 0 Å². The molecular formula is C23H39N3O2S. The second kappa shape index (κ2) is 8.75. The molecule has 2 atom stereocenters. The number of carbonyl (C=O) groups is 2. The van der Waals surface area contributed by atoms with Crippen molar-refractivity contribution in [2.45, 2.75) is 93.0 Å². The molecule has 0 bridgehead atoms. The zero-order valence-corrected chi connectivity index (χ0v) is 20.3. The molecule has 1 heterocycles. The summed E-state index contributed by atoms with van der Waals surface area (Å²) in [6.07, 6.45) is 6.71. The van der Waals surface area contributed by atoms with Crippen molar-refractivity contribution >= 4 is 23.3 Å². The van der Waals surface area contributed by atoms with E-state index in [0.29, 0.717) is 13.0 Å². The fraction of sp³-hybridized carbons (Fsp3) is 0.783. The molecule has 164 valence electrons. The Morgan fingerprint density at radius 1 is 1.28 bits per heavy atom. The van der Waals surface area contributed by atoms with Crippen LogP contribution in [-0.2, 0) is 21.5 Å². The molecule has 0 saturated heterocycles. The van der Waals surface area contributed by atoms with Gasteiger partial charge in [-0.3, -0.25) is 13.5 Å². The number of hydrogen-bond donors (Lipinski definition) is 1. The average Bonchev–Trinajstić information content (AvgIpc) is 3.12. The number of unbranched alkanes of at least 4 members (excludes halogenated alkanes) is 1. The van der Waals surface area contributed by atoms with Crippen molar-refractivity contribution in [1.82, 2.24) is 9.27 Å². The van der Waals surface area contributed by atoms with Crippen LogP contribution < -0.4 is 9.99 Å². The Morgan fingerprint density at radius 2 is 1.93 bits per heavy atom. The summed E-state index contributed by atoms with van der Waals surface area (Å²) in [5, 5.41) is 2.94. The molecule has 29 heavy (non-hydrogen) atoms. The Kier molecular flexibility index (Phi) is 7.19. The number of nitrogens with one attached hydrogen (secondary N) is 1. The summed E-state index contributed by atoms with van der Waals surface area (Å²) in [4.78, 5) is 30.7. The number of rotatable bonds is 6. The van der Waals surface area contributed by atoms with Gasteiger partial charge in [-0.25, -0.2) is 4.99 Å². The lowest BCUT2D eigenvalue weighted by Gasteiger charge is -2.38. The molecule has 5 nitrogen and oxygen atoms in total. The zero-order valence-electron chi connectivity index (χ0n) is 19.5. The molecule has 0 aromatic carbocycles. The largest absolute Gasteiger partial charge is 0.356 e. The van der Waals surface area contributed by atoms with Crippen molar-refractivity contribution in [1.29, 1.82) is 0 Å². The molecule has 1 aromatic heterocycles. The van der Waals surface area contributed by atoms with Gasteiger partial charge in [0.25, 0.3) is 5.91 Å². The van der Waals surface area contributed by atoms with Crippen LogP contribution in [0, 0.1) is 16.7 Å². The third-order valence-electron chi connectivity index (χ3n) is 6.76. The highest BCUT2D eigenvalue weighted by molar-refractivity contribution is 7.04. The topological polar surface area (TPSA) is 63.5 Å². The molecule has 2 rings (SSSR count). The Balaban J connectivity index is 2.43. The number of nitrogens with zero attached hydrogens (tertiary/aromatic N) is 2. The van der Waals surface area contributed by atoms with Crippen LogP contribution in [0.1, 0.15) is 86.6 Å². The molecule has 1 fully saturated rings. The van der Waals surface area contributed by atoms with Crippen LogP contribution in [0.2, 0.25) is 0 Å². The van der Waals surface area contributed by atoms with Gasteiger partial charge in [0.1, 0.15) is 4.67 Å². The zero-order chi connectivity index (χ0) is 22.0. The lowest BCUT2D eigenvalue weighted by molar-refractivity contribution is -0.136. The van der Waals surface area contributed by atoms with Crippen molar-refractivity contribution in [2.75, 3.05) is 6.54 Å². The van der Waals surface area contributed by atoms with Gasteiger partial charge in [-0.2, -0.15) is 0 Å². The second-order valence-electron chi connectivity index (χ2n) is 10.1. The maximum absolute atomic E-state index is 13.5. The SMILES string of the molecule is CCCCc1cn(C(C)(C)C)s/c1=N\C(=O)C1(C)CCC(C(=O)NCC)C1(C)C. The molecule has 0 spiro atoms. The summed E-state index contributed by atoms with van der Waals surface area (Å²) < 4.78 is 3.03. The van der Waals surface area contributed by atoms with Gasteiger partial charge in [-0.1, -0.05) is 34.1 Å². The molecule has 1 N–H and O–H groups in total. The Labute approximate surface area is 180 Å². The first kappa shape index (κ1) is 23.8. The Morgan fingerprint density at radius 3 is 2.48 bits per heavy atom. The lowest BCUT2D eigenvalue weighted by atomic mass is 9.65. The van der Waals surface area contributed by atoms with E-state index < -0.39 is 10.8 Å². The highest BCUT2D eigenvalue weighted by Crippen LogP contribution is 2.56. The van der Waals surface area contributed by atoms with E-state index in [9.17, 15) is 9.59 Å². The van der Waals surface area contributed by atoms with Crippen LogP contribution in [-0.4, -0.2) is 22.3 Å². The van der Waals surface area contributed by atoms with Gasteiger partial charge in [-0.15, -0.1) is 0 Å². The highest BCUT2D eigenvalue weighted by Gasteiger charge is 2.57. The fourth-order valence-electron chi connectivity index (χ4n) is 4.19. The fourth-order valence-corrected chi connectivity index (χ4v) is 5.23. The molecule has 6 heteroatoms. The summed E-state index contributed by atoms with van der Waals surface area (Å²) in [7, 11) is 0. The molecular weight excluding hydrogens is 382 g/mol. The smallest absolute Gasteiger partial charge is 0.253 e. The van der Waals surface area contributed by atoms with Crippen molar-refractivity contribution in [3.05, 3.63) is 16.4 Å². The van der Waals surface area contributed by atoms with Crippen molar-refractivity contribution in [3.63, 3.8) is 0 Å². The summed E-state index contributed by atoms with van der Waals surface area (Å²) >= 11 is 1.57. The highest BCUT2D eigenvalue weighted by atomic mass is 32.1. The van der Waals surface area contributed by atoms with Gasteiger partial charge in [0.15, 0.2) is 0 Å². The van der Waals surface area contributed by atoms with Gasteiger partial charge in [0.2, 0.25) is 5.91 Å². The van der Waals surface area contributed by atoms with Crippen molar-refractivity contribution in [2.24, 2.45) is 21.7 Å². The summed E-state index contributed by atoms with van der Waals surface area (Å²) in [5.74, 6) is -0.191. The number of amides is 2. The maximum Gasteiger partial charge on any atom is 0.253 e. The molecule has 1 saturated carbocycles. The van der Waals surface area contributed by atoms with Crippen LogP contribution in [0.5, 0.6) is 0 Å². The Hall–Kier alpha value is -1.43. The normalized spacial score (nSPS) is 24.7. The maximum atomic E-state index is 13.5. The summed E-state index contributed by atoms with van der Waals surface area (Å²) in [6.45, 7) is 17.3. The predicted molar refractivity (Wildman–Crippen MR) is 120 cm³/mol. The molecule has 1 aliphatic rings. The molecule has 1 aliphatic carbocycles. The van der Waals surface area contributed by atoms with Crippen LogP contribution in [0.3, 0.4) is 0 Å². The third kappa shape index (κ3) is 4.68. The third-order valence-corrected chi connectivity index (χ3v) is 8.14. The van der Waals surface area contributed by atoms with E-state index in [0.717, 1.165) is 35.9 Å². The van der Waals surface area contributed by atoms with E-state index in [2.05, 4.69) is 62.0 Å². The van der Waals surface area contributed by atoms with Gasteiger partial charge >= 0.3 is 0 Å². The summed E-state index contributed by atoms with van der Waals surface area (Å²) in [5.41, 5.74) is 0.0388. The average molecular weight is 422 g/mol. The standard InChI is InChI=1S/C23H39N3O2S/c1-9-11-12-16-15-26(21(3,4)5)29-19(16)25-20(28)23(8)14-13-17(22(23,6)7)18(27)24-10-2/h15,17H,9-14H2,1-8H3,(H,24,27)/b25-19-. The molecule has 2 unspecified atom stereocenters. The second-order valence-corrected chi connectivity index (χ2v) is 11.1. The van der Waals surface area contributed by atoms with Gasteiger partial charge < -0.3 is 5.32 Å². The van der Waals surface area contributed by atoms with E-state index in [4.69, 9.17) is 0 Å². The van der Waals surface area contributed by atoms with Gasteiger partial charge in [0, 0.05) is 29.8 Å². The number of hydrogen-bond acceptors (Lipinski definition) is 3. The minimum atomic E-state index is -0.638. The van der Waals surface area contributed by atoms with Crippen LogP contribution in [0.25, 0.3) is 0 Å². The molecule has 0 radical (unpaired) electrons. The summed E-state index contributed by atoms with van der Waals surface area (Å²) in [6, 6.07) is 0. The van der Waals surface area contributed by atoms with Crippen molar-refractivity contribution < 1.29 is 9.59 Å². The quantitative estimate of drug-likeness (QED) is 0.726. The Bertz CT molecular complexity index is 813. The lowest BCUT2D eigenvalue weighted by Crippen LogP contribution is -2.45.